The standard InChI is InChI=1S/C12H14N2O3.C12H16N2O3.C11H12N2O3.C6H5NO2.C6H13NO2.Na.H2O.4H2S/c1-8-7-14(10(8)12(16)17-2)11(15)9-5-3-4-6-13-9;1-8(2)10(12(16)17-3)14-11(15)9-6-4-5-7-13-9;1-7-6-13(9(7)11(15)16)10(14)8-4-2-3-5-12-8;8-6(9)5-3-1-2-4-7-5;1-4(2)5(7)6(8)9-3;;;;;;/h3-6,8,10H,7H2,1-2H3;4-8,10H,1-3H3,(H,14,15);2-5,7,9H,6H2,1H3,(H,15,16);1-4H,(H,8,9);4-5H,7H2,1-3H3;;5*1H2/q;;;;;+1;;;;;/p-1/t8?,10-;10-;7?,9-;;5-;;;;;;/m000.0....../s1. The van der Waals surface area contributed by atoms with E-state index in [-0.39, 0.29) is 154 Å². The van der Waals surface area contributed by atoms with Gasteiger partial charge in [-0.2, -0.15) is 54.0 Å². The Hall–Kier alpha value is -5.32. The van der Waals surface area contributed by atoms with Gasteiger partial charge in [-0.25, -0.2) is 24.2 Å². The second kappa shape index (κ2) is 40.1. The Morgan fingerprint density at radius 3 is 1.20 bits per heavy atom. The van der Waals surface area contributed by atoms with E-state index < -0.39 is 42.1 Å². The van der Waals surface area contributed by atoms with Crippen LogP contribution >= 0.6 is 54.0 Å². The van der Waals surface area contributed by atoms with Crippen LogP contribution in [0.3, 0.4) is 0 Å². The summed E-state index contributed by atoms with van der Waals surface area (Å²) in [5.41, 5.74) is 6.40. The summed E-state index contributed by atoms with van der Waals surface area (Å²) >= 11 is 0. The van der Waals surface area contributed by atoms with E-state index in [4.69, 9.17) is 15.9 Å². The number of pyridine rings is 4. The Balaban J connectivity index is -0.000000269. The van der Waals surface area contributed by atoms with E-state index in [0.717, 1.165) is 0 Å². The summed E-state index contributed by atoms with van der Waals surface area (Å²) in [4.78, 5) is 109. The van der Waals surface area contributed by atoms with E-state index in [2.05, 4.69) is 39.5 Å². The maximum atomic E-state index is 12.1. The first kappa shape index (κ1) is 77.6. The van der Waals surface area contributed by atoms with Gasteiger partial charge in [-0.1, -0.05) is 65.8 Å². The van der Waals surface area contributed by atoms with Crippen LogP contribution in [0.1, 0.15) is 83.5 Å². The number of nitrogens with one attached hydrogen (secondary N) is 1. The Bertz CT molecular complexity index is 2270. The predicted molar refractivity (Wildman–Crippen MR) is 288 cm³/mol. The molecular formula is C47H69N8NaO14S4. The Labute approximate surface area is 481 Å². The molecule has 27 heteroatoms. The molecule has 2 unspecified atom stereocenters. The molecule has 0 spiro atoms. The average Bonchev–Trinajstić information content (AvgIpc) is 3.34. The first-order valence-corrected chi connectivity index (χ1v) is 21.2. The molecule has 4 aromatic rings. The van der Waals surface area contributed by atoms with E-state index >= 15 is 0 Å². The van der Waals surface area contributed by atoms with Gasteiger partial charge in [0.15, 0.2) is 0 Å². The number of aliphatic carboxylic acids is 1. The number of carbonyl (C=O) groups excluding carboxylic acids is 6. The number of nitrogens with zero attached hydrogens (tertiary/aromatic N) is 6. The third kappa shape index (κ3) is 24.4. The van der Waals surface area contributed by atoms with E-state index in [1.807, 2.05) is 41.5 Å². The van der Waals surface area contributed by atoms with Crippen LogP contribution in [0, 0.1) is 23.7 Å². The van der Waals surface area contributed by atoms with Crippen molar-refractivity contribution in [2.45, 2.75) is 65.7 Å². The predicted octanol–water partition coefficient (Wildman–Crippen LogP) is 0.552. The smallest absolute Gasteiger partial charge is 0.870 e. The van der Waals surface area contributed by atoms with Crippen molar-refractivity contribution in [3.8, 4) is 0 Å². The summed E-state index contributed by atoms with van der Waals surface area (Å²) in [7, 11) is 3.96. The molecule has 6 N–H and O–H groups in total. The van der Waals surface area contributed by atoms with Crippen LogP contribution in [0.25, 0.3) is 0 Å². The van der Waals surface area contributed by atoms with Gasteiger partial charge in [0, 0.05) is 49.7 Å². The van der Waals surface area contributed by atoms with Gasteiger partial charge < -0.3 is 50.8 Å². The number of aromatic carboxylic acids is 1. The zero-order chi connectivity index (χ0) is 51.1. The van der Waals surface area contributed by atoms with Crippen molar-refractivity contribution in [1.82, 2.24) is 35.1 Å². The molecule has 0 saturated carbocycles. The molecule has 6 heterocycles. The number of ether oxygens (including phenoxy) is 3. The van der Waals surface area contributed by atoms with Crippen LogP contribution in [-0.2, 0) is 33.4 Å². The average molecular weight is 1120 g/mol. The van der Waals surface area contributed by atoms with Crippen LogP contribution in [0.2, 0.25) is 0 Å². The molecule has 74 heavy (non-hydrogen) atoms. The number of carboxylic acids is 2. The molecule has 0 radical (unpaired) electrons. The minimum atomic E-state index is -0.990. The van der Waals surface area contributed by atoms with Gasteiger partial charge in [0.05, 0.1) is 21.3 Å². The maximum absolute atomic E-state index is 12.1. The van der Waals surface area contributed by atoms with Gasteiger partial charge in [0.2, 0.25) is 0 Å². The third-order valence-electron chi connectivity index (χ3n) is 10.1. The van der Waals surface area contributed by atoms with Gasteiger partial charge in [0.25, 0.3) is 17.7 Å². The zero-order valence-electron chi connectivity index (χ0n) is 42.9. The SMILES string of the molecule is CC1CN(C(=O)c2ccccn2)[C@@H]1C(=O)O.COC(=O)[C@@H](N)C(C)C.COC(=O)[C@@H](NC(=O)c1ccccn1)C(C)C.COC(=O)[C@@H]1C(C)CN1C(=O)c1ccccn1.O=C(O)c1ccccn1.S.S.S.S.[Na+].[OH-]. The fourth-order valence-corrected chi connectivity index (χ4v) is 6.17. The zero-order valence-corrected chi connectivity index (χ0v) is 48.9. The summed E-state index contributed by atoms with van der Waals surface area (Å²) in [6.07, 6.45) is 6.05. The maximum Gasteiger partial charge on any atom is 1.00 e. The number of esters is 3. The monoisotopic (exact) mass is 1120 g/mol. The van der Waals surface area contributed by atoms with Crippen molar-refractivity contribution in [3.63, 3.8) is 0 Å². The van der Waals surface area contributed by atoms with Crippen molar-refractivity contribution in [1.29, 1.82) is 0 Å². The number of methoxy groups -OCH3 is 3. The largest absolute Gasteiger partial charge is 1.00 e. The second-order valence-electron chi connectivity index (χ2n) is 15.8. The van der Waals surface area contributed by atoms with Crippen molar-refractivity contribution in [3.05, 3.63) is 120 Å². The minimum absolute atomic E-state index is 0. The molecular weight excluding hydrogens is 1050 g/mol. The summed E-state index contributed by atoms with van der Waals surface area (Å²) in [6, 6.07) is 17.6. The van der Waals surface area contributed by atoms with Crippen molar-refractivity contribution in [2.75, 3.05) is 34.4 Å². The molecule has 6 atom stereocenters. The van der Waals surface area contributed by atoms with E-state index in [0.29, 0.717) is 24.5 Å². The van der Waals surface area contributed by atoms with Gasteiger partial charge in [-0.3, -0.25) is 34.1 Å². The van der Waals surface area contributed by atoms with Crippen LogP contribution < -0.4 is 40.6 Å². The topological polar surface area (TPSA) is 331 Å². The molecule has 4 aromatic heterocycles. The van der Waals surface area contributed by atoms with Crippen molar-refractivity contribution >= 4 is 102 Å². The van der Waals surface area contributed by atoms with Gasteiger partial charge in [-0.15, -0.1) is 0 Å². The van der Waals surface area contributed by atoms with Crippen LogP contribution in [0.4, 0.5) is 0 Å². The molecule has 0 aromatic carbocycles. The number of carbonyl (C=O) groups is 8. The molecule has 22 nitrogen and oxygen atoms in total. The first-order valence-electron chi connectivity index (χ1n) is 21.2. The van der Waals surface area contributed by atoms with Crippen molar-refractivity contribution < 1.29 is 97.8 Å². The van der Waals surface area contributed by atoms with E-state index in [1.165, 1.54) is 55.8 Å². The Kier molecular flexibility index (Phi) is 42.0. The fourth-order valence-electron chi connectivity index (χ4n) is 6.17. The Morgan fingerprint density at radius 2 is 0.946 bits per heavy atom. The number of hydrogen-bond donors (Lipinski definition) is 4. The van der Waals surface area contributed by atoms with E-state index in [9.17, 15) is 38.4 Å². The molecule has 2 aliphatic heterocycles. The molecule has 6 rings (SSSR count). The second-order valence-corrected chi connectivity index (χ2v) is 15.8. The third-order valence-corrected chi connectivity index (χ3v) is 10.1. The van der Waals surface area contributed by atoms with Crippen LogP contribution in [-0.4, -0.2) is 152 Å². The molecule has 0 bridgehead atoms. The fraction of sp³-hybridized carbons (Fsp3) is 0.404. The summed E-state index contributed by atoms with van der Waals surface area (Å²) in [5, 5.41) is 19.9. The Morgan fingerprint density at radius 1 is 0.581 bits per heavy atom. The number of amides is 3. The first-order chi connectivity index (χ1) is 32.2. The van der Waals surface area contributed by atoms with Gasteiger partial charge in [-0.05, 0) is 60.4 Å². The van der Waals surface area contributed by atoms with E-state index in [1.54, 1.807) is 72.9 Å². The number of carboxylic acid groups (broad SMARTS) is 2. The quantitative estimate of drug-likeness (QED) is 0.0905. The summed E-state index contributed by atoms with van der Waals surface area (Å²) < 4.78 is 13.7. The van der Waals surface area contributed by atoms with Gasteiger partial charge >= 0.3 is 59.4 Å². The molecule has 2 saturated heterocycles. The molecule has 3 amide bonds. The molecule has 2 fully saturated rings. The van der Waals surface area contributed by atoms with Crippen molar-refractivity contribution in [2.24, 2.45) is 29.4 Å². The molecule has 406 valence electrons. The summed E-state index contributed by atoms with van der Waals surface area (Å²) in [5.74, 6) is -3.78. The van der Waals surface area contributed by atoms with Crippen LogP contribution in [0.15, 0.2) is 97.6 Å². The minimum Gasteiger partial charge on any atom is -0.870 e. The molecule has 0 aliphatic carbocycles. The van der Waals surface area contributed by atoms with Gasteiger partial charge in [0.1, 0.15) is 46.9 Å². The normalized spacial score (nSPS) is 15.8. The summed E-state index contributed by atoms with van der Waals surface area (Å²) in [6.45, 7) is 12.2. The number of aromatic nitrogens is 4. The number of hydrogen-bond acceptors (Lipinski definition) is 17. The number of likely N-dealkylation sites (tertiary alicyclic amines) is 2. The number of nitrogens with two attached hydrogens (primary N) is 1. The van der Waals surface area contributed by atoms with Crippen LogP contribution in [0.5, 0.6) is 0 Å². The molecule has 2 aliphatic rings. The number of rotatable bonds is 11.